The van der Waals surface area contributed by atoms with E-state index < -0.39 is 11.7 Å². The topological polar surface area (TPSA) is 3.24 Å². The molecule has 0 N–H and O–H groups in total. The first-order valence-corrected chi connectivity index (χ1v) is 8.14. The highest BCUT2D eigenvalue weighted by Crippen LogP contribution is 2.38. The van der Waals surface area contributed by atoms with Crippen LogP contribution in [0, 0.1) is 6.92 Å². The fraction of sp³-hybridized carbons (Fsp3) is 0.294. The summed E-state index contributed by atoms with van der Waals surface area (Å²) in [7, 11) is 1.77. The van der Waals surface area contributed by atoms with Gasteiger partial charge in [-0.05, 0) is 49.2 Å². The number of rotatable bonds is 3. The van der Waals surface area contributed by atoms with Gasteiger partial charge < -0.3 is 4.90 Å². The molecule has 0 aliphatic rings. The largest absolute Gasteiger partial charge is 0.417 e. The number of alkyl halides is 3. The Bertz CT molecular complexity index is 715. The van der Waals surface area contributed by atoms with Gasteiger partial charge in [-0.25, -0.2) is 0 Å². The number of hydrogen-bond donors (Lipinski definition) is 0. The van der Waals surface area contributed by atoms with Gasteiger partial charge in [0.05, 0.1) is 16.6 Å². The molecule has 0 heterocycles. The number of benzene rings is 2. The van der Waals surface area contributed by atoms with Crippen LogP contribution in [0.15, 0.2) is 40.9 Å². The fourth-order valence-corrected chi connectivity index (χ4v) is 2.89. The second-order valence-electron chi connectivity index (χ2n) is 5.46. The Hall–Kier alpha value is -1.20. The van der Waals surface area contributed by atoms with Gasteiger partial charge in [0.15, 0.2) is 0 Å². The monoisotopic (exact) mass is 405 g/mol. The highest BCUT2D eigenvalue weighted by Gasteiger charge is 2.33. The third kappa shape index (κ3) is 4.01. The van der Waals surface area contributed by atoms with Crippen molar-refractivity contribution in [2.24, 2.45) is 0 Å². The average Bonchev–Trinajstić information content (AvgIpc) is 2.48. The van der Waals surface area contributed by atoms with Crippen LogP contribution in [0.3, 0.4) is 0 Å². The fourth-order valence-electron chi connectivity index (χ4n) is 2.27. The third-order valence-corrected chi connectivity index (χ3v) is 5.11. The molecule has 1 nitrogen and oxygen atoms in total. The van der Waals surface area contributed by atoms with E-state index in [4.69, 9.17) is 11.6 Å². The van der Waals surface area contributed by atoms with E-state index in [1.807, 2.05) is 32.0 Å². The maximum Gasteiger partial charge on any atom is 0.417 e. The Balaban J connectivity index is 2.36. The maximum atomic E-state index is 13.0. The Morgan fingerprint density at radius 1 is 1.13 bits per heavy atom. The van der Waals surface area contributed by atoms with E-state index in [0.717, 1.165) is 21.7 Å². The minimum Gasteiger partial charge on any atom is -0.368 e. The van der Waals surface area contributed by atoms with E-state index >= 15 is 0 Å². The van der Waals surface area contributed by atoms with E-state index in [9.17, 15) is 13.2 Å². The molecule has 1 unspecified atom stereocenters. The summed E-state index contributed by atoms with van der Waals surface area (Å²) >= 11 is 9.16. The number of aryl methyl sites for hydroxylation is 1. The van der Waals surface area contributed by atoms with Crippen LogP contribution in [-0.4, -0.2) is 7.05 Å². The van der Waals surface area contributed by atoms with E-state index in [1.54, 1.807) is 18.0 Å². The van der Waals surface area contributed by atoms with Crippen LogP contribution in [0.25, 0.3) is 0 Å². The predicted octanol–water partition coefficient (Wildman–Crippen LogP) is 6.63. The Morgan fingerprint density at radius 3 is 2.35 bits per heavy atom. The van der Waals surface area contributed by atoms with Gasteiger partial charge in [-0.2, -0.15) is 13.2 Å². The molecule has 0 aliphatic heterocycles. The van der Waals surface area contributed by atoms with Crippen LogP contribution in [0.2, 0.25) is 5.02 Å². The van der Waals surface area contributed by atoms with Gasteiger partial charge in [-0.15, -0.1) is 0 Å². The lowest BCUT2D eigenvalue weighted by atomic mass is 10.0. The average molecular weight is 407 g/mol. The maximum absolute atomic E-state index is 13.0. The molecule has 0 saturated carbocycles. The number of anilines is 1. The van der Waals surface area contributed by atoms with E-state index in [-0.39, 0.29) is 11.1 Å². The van der Waals surface area contributed by atoms with Crippen LogP contribution in [0.5, 0.6) is 0 Å². The normalized spacial score (nSPS) is 13.0. The van der Waals surface area contributed by atoms with Gasteiger partial charge in [0, 0.05) is 17.2 Å². The van der Waals surface area contributed by atoms with Gasteiger partial charge in [0.25, 0.3) is 0 Å². The molecule has 23 heavy (non-hydrogen) atoms. The quantitative estimate of drug-likeness (QED) is 0.553. The zero-order valence-corrected chi connectivity index (χ0v) is 15.2. The first kappa shape index (κ1) is 18.1. The Kier molecular flexibility index (Phi) is 5.31. The van der Waals surface area contributed by atoms with Gasteiger partial charge in [0.2, 0.25) is 0 Å². The first-order valence-electron chi connectivity index (χ1n) is 6.97. The van der Waals surface area contributed by atoms with E-state index in [1.165, 1.54) is 6.07 Å². The first-order chi connectivity index (χ1) is 10.6. The Labute approximate surface area is 147 Å². The molecule has 0 bridgehead atoms. The molecule has 0 aliphatic carbocycles. The summed E-state index contributed by atoms with van der Waals surface area (Å²) < 4.78 is 40.0. The summed E-state index contributed by atoms with van der Waals surface area (Å²) in [4.78, 5) is 1.79. The zero-order chi connectivity index (χ0) is 17.4. The van der Waals surface area contributed by atoms with Crippen LogP contribution in [0.4, 0.5) is 18.9 Å². The lowest BCUT2D eigenvalue weighted by Gasteiger charge is -2.28. The zero-order valence-electron chi connectivity index (χ0n) is 12.9. The van der Waals surface area contributed by atoms with Crippen LogP contribution in [0.1, 0.15) is 29.7 Å². The van der Waals surface area contributed by atoms with Gasteiger partial charge in [-0.1, -0.05) is 39.7 Å². The molecule has 0 aromatic heterocycles. The predicted molar refractivity (Wildman–Crippen MR) is 92.2 cm³/mol. The van der Waals surface area contributed by atoms with Crippen LogP contribution in [-0.2, 0) is 6.18 Å². The summed E-state index contributed by atoms with van der Waals surface area (Å²) in [6.07, 6.45) is -4.47. The molecule has 6 heteroatoms. The smallest absolute Gasteiger partial charge is 0.368 e. The van der Waals surface area contributed by atoms with Crippen molar-refractivity contribution in [1.29, 1.82) is 0 Å². The summed E-state index contributed by atoms with van der Waals surface area (Å²) in [6, 6.07) is 9.81. The van der Waals surface area contributed by atoms with Gasteiger partial charge in [0.1, 0.15) is 0 Å². The Morgan fingerprint density at radius 2 is 1.78 bits per heavy atom. The minimum atomic E-state index is -4.47. The van der Waals surface area contributed by atoms with Gasteiger partial charge in [-0.3, -0.25) is 0 Å². The number of nitrogens with zero attached hydrogens (tertiary/aromatic N) is 1. The van der Waals surface area contributed by atoms with Crippen molar-refractivity contribution in [2.75, 3.05) is 11.9 Å². The lowest BCUT2D eigenvalue weighted by molar-refractivity contribution is -0.137. The van der Waals surface area contributed by atoms with Crippen molar-refractivity contribution in [3.05, 3.63) is 62.6 Å². The number of halogens is 5. The van der Waals surface area contributed by atoms with Crippen molar-refractivity contribution in [1.82, 2.24) is 0 Å². The molecule has 0 amide bonds. The molecule has 0 saturated heterocycles. The minimum absolute atomic E-state index is 0.0887. The second-order valence-corrected chi connectivity index (χ2v) is 6.72. The summed E-state index contributed by atoms with van der Waals surface area (Å²) in [5.74, 6) is 0. The van der Waals surface area contributed by atoms with Crippen molar-refractivity contribution >= 4 is 33.2 Å². The molecule has 2 rings (SSSR count). The molecule has 2 aromatic rings. The molecule has 2 aromatic carbocycles. The molecule has 0 radical (unpaired) electrons. The second kappa shape index (κ2) is 6.73. The SMILES string of the molecule is Cc1ccc(C(C)N(C)c2ccc(Cl)c(C(F)(F)F)c2)cc1Br. The van der Waals surface area contributed by atoms with Crippen molar-refractivity contribution in [3.63, 3.8) is 0 Å². The third-order valence-electron chi connectivity index (χ3n) is 3.92. The highest BCUT2D eigenvalue weighted by atomic mass is 79.9. The van der Waals surface area contributed by atoms with Crippen molar-refractivity contribution in [3.8, 4) is 0 Å². The molecule has 124 valence electrons. The number of hydrogen-bond acceptors (Lipinski definition) is 1. The van der Waals surface area contributed by atoms with Gasteiger partial charge >= 0.3 is 6.18 Å². The molecular weight excluding hydrogens is 391 g/mol. The summed E-state index contributed by atoms with van der Waals surface area (Å²) in [6.45, 7) is 3.93. The standard InChI is InChI=1S/C17H16BrClF3N/c1-10-4-5-12(8-15(10)18)11(2)23(3)13-6-7-16(19)14(9-13)17(20,21)22/h4-9,11H,1-3H3. The van der Waals surface area contributed by atoms with Crippen molar-refractivity contribution in [2.45, 2.75) is 26.1 Å². The lowest BCUT2D eigenvalue weighted by Crippen LogP contribution is -2.22. The van der Waals surface area contributed by atoms with E-state index in [0.29, 0.717) is 5.69 Å². The van der Waals surface area contributed by atoms with Crippen molar-refractivity contribution < 1.29 is 13.2 Å². The van der Waals surface area contributed by atoms with Crippen LogP contribution < -0.4 is 4.90 Å². The van der Waals surface area contributed by atoms with Crippen LogP contribution >= 0.6 is 27.5 Å². The molecule has 0 fully saturated rings. The molecule has 1 atom stereocenters. The summed E-state index contributed by atoms with van der Waals surface area (Å²) in [5.41, 5.74) is 1.76. The van der Waals surface area contributed by atoms with E-state index in [2.05, 4.69) is 15.9 Å². The molecule has 0 spiro atoms. The summed E-state index contributed by atoms with van der Waals surface area (Å²) in [5, 5.41) is -0.291. The molecular formula is C17H16BrClF3N. The highest BCUT2D eigenvalue weighted by molar-refractivity contribution is 9.10.